The molecule has 0 saturated heterocycles. The van der Waals surface area contributed by atoms with Crippen molar-refractivity contribution in [2.24, 2.45) is 5.73 Å². The van der Waals surface area contributed by atoms with Gasteiger partial charge in [-0.2, -0.15) is 9.61 Å². The molecule has 1 aliphatic carbocycles. The molecule has 0 radical (unpaired) electrons. The zero-order valence-corrected chi connectivity index (χ0v) is 17.6. The molecule has 1 aliphatic rings. The van der Waals surface area contributed by atoms with Crippen LogP contribution in [0.4, 0.5) is 0 Å². The number of fused-ring (bicyclic) bond motifs is 3. The molecule has 1 fully saturated rings. The van der Waals surface area contributed by atoms with Crippen molar-refractivity contribution in [3.63, 3.8) is 0 Å². The van der Waals surface area contributed by atoms with Crippen LogP contribution in [-0.2, 0) is 5.54 Å². The van der Waals surface area contributed by atoms with E-state index < -0.39 is 11.1 Å². The Morgan fingerprint density at radius 1 is 0.906 bits per heavy atom. The fourth-order valence-electron chi connectivity index (χ4n) is 4.84. The number of nitrogens with zero attached hydrogens (tertiary/aromatic N) is 5. The minimum atomic E-state index is -0.694. The average Bonchev–Trinajstić information content (AvgIpc) is 3.27. The van der Waals surface area contributed by atoms with Gasteiger partial charge in [0.1, 0.15) is 5.52 Å². The fourth-order valence-corrected chi connectivity index (χ4v) is 4.84. The van der Waals surface area contributed by atoms with Crippen LogP contribution in [0.2, 0.25) is 0 Å². The van der Waals surface area contributed by atoms with Gasteiger partial charge < -0.3 is 10.8 Å². The second-order valence-corrected chi connectivity index (χ2v) is 8.94. The lowest BCUT2D eigenvalue weighted by atomic mass is 9.63. The van der Waals surface area contributed by atoms with Gasteiger partial charge in [0.05, 0.1) is 29.4 Å². The van der Waals surface area contributed by atoms with Gasteiger partial charge in [0, 0.05) is 22.7 Å². The number of hydrogen-bond donors (Lipinski definition) is 2. The second kappa shape index (κ2) is 6.66. The number of nitrogens with two attached hydrogens (primary N) is 1. The summed E-state index contributed by atoms with van der Waals surface area (Å²) in [6.07, 6.45) is 4.54. The van der Waals surface area contributed by atoms with E-state index in [0.717, 1.165) is 33.7 Å². The van der Waals surface area contributed by atoms with Gasteiger partial charge in [-0.15, -0.1) is 0 Å². The zero-order valence-electron chi connectivity index (χ0n) is 17.6. The third kappa shape index (κ3) is 2.97. The molecule has 0 aliphatic heterocycles. The first kappa shape index (κ1) is 19.0. The minimum Gasteiger partial charge on any atom is -0.390 e. The number of aliphatic hydroxyl groups is 1. The summed E-state index contributed by atoms with van der Waals surface area (Å²) in [5, 5.41) is 14.5. The standard InChI is InChI=1S/C25H22N6O/c1-24(32)14-25(26,15-24)18-9-7-17(8-10-18)22-21(16-5-3-2-4-6-16)29-19-13-27-20-11-12-28-31(20)23(19)30-22/h2-13,32H,14-15,26H2,1H3. The highest BCUT2D eigenvalue weighted by Crippen LogP contribution is 2.46. The number of rotatable bonds is 3. The van der Waals surface area contributed by atoms with Gasteiger partial charge >= 0.3 is 0 Å². The Morgan fingerprint density at radius 2 is 1.59 bits per heavy atom. The van der Waals surface area contributed by atoms with Crippen LogP contribution in [0, 0.1) is 0 Å². The van der Waals surface area contributed by atoms with E-state index in [1.165, 1.54) is 0 Å². The first-order valence-corrected chi connectivity index (χ1v) is 10.6. The lowest BCUT2D eigenvalue weighted by Crippen LogP contribution is -2.58. The van der Waals surface area contributed by atoms with E-state index in [0.29, 0.717) is 24.0 Å². The summed E-state index contributed by atoms with van der Waals surface area (Å²) < 4.78 is 1.71. The Balaban J connectivity index is 1.52. The van der Waals surface area contributed by atoms with Crippen molar-refractivity contribution in [1.29, 1.82) is 0 Å². The van der Waals surface area contributed by atoms with Crippen molar-refractivity contribution in [1.82, 2.24) is 24.6 Å². The molecular formula is C25H22N6O. The Bertz CT molecular complexity index is 1450. The van der Waals surface area contributed by atoms with Crippen molar-refractivity contribution in [2.75, 3.05) is 0 Å². The highest BCUT2D eigenvalue weighted by Gasteiger charge is 2.49. The van der Waals surface area contributed by atoms with Gasteiger partial charge in [-0.05, 0) is 25.3 Å². The van der Waals surface area contributed by atoms with Gasteiger partial charge in [-0.25, -0.2) is 15.0 Å². The second-order valence-electron chi connectivity index (χ2n) is 8.94. The molecule has 0 unspecified atom stereocenters. The molecule has 0 amide bonds. The predicted octanol–water partition coefficient (Wildman–Crippen LogP) is 3.71. The normalized spacial score (nSPS) is 22.8. The molecule has 5 aromatic rings. The van der Waals surface area contributed by atoms with Crippen LogP contribution in [0.15, 0.2) is 73.1 Å². The predicted molar refractivity (Wildman–Crippen MR) is 123 cm³/mol. The van der Waals surface area contributed by atoms with E-state index in [2.05, 4.69) is 10.1 Å². The molecule has 0 atom stereocenters. The van der Waals surface area contributed by atoms with Crippen LogP contribution in [0.1, 0.15) is 25.3 Å². The first-order chi connectivity index (χ1) is 15.4. The van der Waals surface area contributed by atoms with Crippen LogP contribution in [-0.4, -0.2) is 35.3 Å². The Hall–Kier alpha value is -3.68. The van der Waals surface area contributed by atoms with Crippen LogP contribution in [0.3, 0.4) is 0 Å². The van der Waals surface area contributed by atoms with Gasteiger partial charge in [-0.1, -0.05) is 54.6 Å². The van der Waals surface area contributed by atoms with E-state index in [1.54, 1.807) is 16.9 Å². The van der Waals surface area contributed by atoms with Crippen molar-refractivity contribution in [2.45, 2.75) is 30.9 Å². The maximum Gasteiger partial charge on any atom is 0.184 e. The molecule has 32 heavy (non-hydrogen) atoms. The van der Waals surface area contributed by atoms with Gasteiger partial charge in [0.25, 0.3) is 0 Å². The number of aromatic nitrogens is 5. The fraction of sp³-hybridized carbons (Fsp3) is 0.200. The van der Waals surface area contributed by atoms with E-state index in [9.17, 15) is 5.11 Å². The Morgan fingerprint density at radius 3 is 2.31 bits per heavy atom. The molecule has 3 aromatic heterocycles. The molecule has 2 aromatic carbocycles. The highest BCUT2D eigenvalue weighted by molar-refractivity contribution is 5.85. The van der Waals surface area contributed by atoms with Crippen molar-refractivity contribution >= 4 is 16.8 Å². The van der Waals surface area contributed by atoms with Crippen LogP contribution in [0.25, 0.3) is 39.3 Å². The summed E-state index contributed by atoms with van der Waals surface area (Å²) in [6.45, 7) is 1.83. The topological polar surface area (TPSA) is 102 Å². The van der Waals surface area contributed by atoms with E-state index >= 15 is 0 Å². The quantitative estimate of drug-likeness (QED) is 0.460. The third-order valence-corrected chi connectivity index (χ3v) is 6.22. The van der Waals surface area contributed by atoms with Gasteiger partial charge in [-0.3, -0.25) is 0 Å². The van der Waals surface area contributed by atoms with Crippen LogP contribution in [0.5, 0.6) is 0 Å². The van der Waals surface area contributed by atoms with Crippen molar-refractivity contribution < 1.29 is 5.11 Å². The molecular weight excluding hydrogens is 400 g/mol. The van der Waals surface area contributed by atoms with Gasteiger partial charge in [0.2, 0.25) is 0 Å². The smallest absolute Gasteiger partial charge is 0.184 e. The molecule has 0 spiro atoms. The first-order valence-electron chi connectivity index (χ1n) is 10.6. The largest absolute Gasteiger partial charge is 0.390 e. The minimum absolute atomic E-state index is 0.494. The molecule has 3 heterocycles. The average molecular weight is 422 g/mol. The third-order valence-electron chi connectivity index (χ3n) is 6.22. The monoisotopic (exact) mass is 422 g/mol. The summed E-state index contributed by atoms with van der Waals surface area (Å²) in [5.41, 5.74) is 11.9. The van der Waals surface area contributed by atoms with Crippen molar-refractivity contribution in [3.8, 4) is 22.5 Å². The number of benzene rings is 2. The maximum atomic E-state index is 10.2. The van der Waals surface area contributed by atoms with E-state index in [1.807, 2.05) is 67.6 Å². The summed E-state index contributed by atoms with van der Waals surface area (Å²) in [4.78, 5) is 14.4. The highest BCUT2D eigenvalue weighted by atomic mass is 16.3. The van der Waals surface area contributed by atoms with Crippen molar-refractivity contribution in [3.05, 3.63) is 78.6 Å². The molecule has 3 N–H and O–H groups in total. The Labute approximate surface area is 184 Å². The zero-order chi connectivity index (χ0) is 21.9. The van der Waals surface area contributed by atoms with E-state index in [4.69, 9.17) is 15.7 Å². The molecule has 0 bridgehead atoms. The van der Waals surface area contributed by atoms with Crippen LogP contribution >= 0.6 is 0 Å². The summed E-state index contributed by atoms with van der Waals surface area (Å²) in [7, 11) is 0. The molecule has 1 saturated carbocycles. The summed E-state index contributed by atoms with van der Waals surface area (Å²) in [6, 6.07) is 20.0. The summed E-state index contributed by atoms with van der Waals surface area (Å²) >= 11 is 0. The summed E-state index contributed by atoms with van der Waals surface area (Å²) in [5.74, 6) is 0. The number of hydrogen-bond acceptors (Lipinski definition) is 6. The lowest BCUT2D eigenvalue weighted by Gasteiger charge is -2.49. The maximum absolute atomic E-state index is 10.2. The Kier molecular flexibility index (Phi) is 3.96. The molecule has 7 heteroatoms. The molecule has 7 nitrogen and oxygen atoms in total. The van der Waals surface area contributed by atoms with Crippen LogP contribution < -0.4 is 5.73 Å². The van der Waals surface area contributed by atoms with Gasteiger partial charge in [0.15, 0.2) is 11.3 Å². The van der Waals surface area contributed by atoms with E-state index in [-0.39, 0.29) is 0 Å². The molecule has 6 rings (SSSR count). The lowest BCUT2D eigenvalue weighted by molar-refractivity contribution is -0.0738. The SMILES string of the molecule is CC1(O)CC(N)(c2ccc(-c3nc4c(cnc5ccnn54)nc3-c3ccccc3)cc2)C1. The molecule has 158 valence electrons.